The molecule has 5 nitrogen and oxygen atoms in total. The highest BCUT2D eigenvalue weighted by Gasteiger charge is 2.29. The number of halogens is 1. The summed E-state index contributed by atoms with van der Waals surface area (Å²) in [5.74, 6) is 2.05. The predicted octanol–water partition coefficient (Wildman–Crippen LogP) is 3.01. The number of hydrogen-bond donors (Lipinski definition) is 1. The van der Waals surface area contributed by atoms with E-state index in [1.165, 1.54) is 19.2 Å². The Morgan fingerprint density at radius 1 is 1.37 bits per heavy atom. The smallest absolute Gasteiger partial charge is 0.180 e. The topological polar surface area (TPSA) is 63.6 Å². The highest BCUT2D eigenvalue weighted by Crippen LogP contribution is 2.44. The Hall–Kier alpha value is -1.56. The molecule has 3 rings (SSSR count). The summed E-state index contributed by atoms with van der Waals surface area (Å²) < 4.78 is 0.981. The second-order valence-electron chi connectivity index (χ2n) is 4.49. The third-order valence-electron chi connectivity index (χ3n) is 3.00. The summed E-state index contributed by atoms with van der Waals surface area (Å²) in [6, 6.07) is 1.83. The molecule has 1 aliphatic rings. The van der Waals surface area contributed by atoms with Gasteiger partial charge in [0.05, 0.1) is 10.2 Å². The van der Waals surface area contributed by atoms with Crippen LogP contribution in [0.2, 0.25) is 0 Å². The molecule has 0 spiro atoms. The first-order valence-corrected chi connectivity index (χ1v) is 7.16. The van der Waals surface area contributed by atoms with Crippen molar-refractivity contribution in [1.29, 1.82) is 0 Å². The Kier molecular flexibility index (Phi) is 3.42. The van der Waals surface area contributed by atoms with Gasteiger partial charge in [0.15, 0.2) is 5.82 Å². The molecule has 19 heavy (non-hydrogen) atoms. The molecule has 0 saturated heterocycles. The lowest BCUT2D eigenvalue weighted by molar-refractivity contribution is 0.965. The van der Waals surface area contributed by atoms with Crippen LogP contribution in [-0.4, -0.2) is 26.5 Å². The van der Waals surface area contributed by atoms with E-state index in [1.54, 1.807) is 6.20 Å². The summed E-state index contributed by atoms with van der Waals surface area (Å²) in [6.07, 6.45) is 5.62. The Morgan fingerprint density at radius 3 is 2.84 bits per heavy atom. The molecule has 0 unspecified atom stereocenters. The highest BCUT2D eigenvalue weighted by atomic mass is 79.9. The SMILES string of the molecule is CCNc1nc(-c2ccncn2)nc(C2CC2)c1Br. The molecule has 98 valence electrons. The fourth-order valence-electron chi connectivity index (χ4n) is 1.91. The van der Waals surface area contributed by atoms with E-state index in [1.807, 2.05) is 6.07 Å². The van der Waals surface area contributed by atoms with Gasteiger partial charge in [0.2, 0.25) is 0 Å². The summed E-state index contributed by atoms with van der Waals surface area (Å²) in [5.41, 5.74) is 1.84. The molecule has 0 atom stereocenters. The molecule has 1 N–H and O–H groups in total. The molecular weight excluding hydrogens is 306 g/mol. The van der Waals surface area contributed by atoms with Crippen LogP contribution in [0.3, 0.4) is 0 Å². The fraction of sp³-hybridized carbons (Fsp3) is 0.385. The Bertz CT molecular complexity index is 583. The van der Waals surface area contributed by atoms with E-state index in [-0.39, 0.29) is 0 Å². The Labute approximate surface area is 120 Å². The van der Waals surface area contributed by atoms with Crippen molar-refractivity contribution >= 4 is 21.7 Å². The van der Waals surface area contributed by atoms with Crippen LogP contribution in [-0.2, 0) is 0 Å². The maximum atomic E-state index is 4.66. The standard InChI is InChI=1S/C13H14BrN5/c1-2-16-13-10(14)11(8-3-4-8)18-12(19-13)9-5-6-15-7-17-9/h5-8H,2-4H2,1H3,(H,16,18,19). The van der Waals surface area contributed by atoms with E-state index in [2.05, 4.69) is 48.1 Å². The number of nitrogens with zero attached hydrogens (tertiary/aromatic N) is 4. The third-order valence-corrected chi connectivity index (χ3v) is 3.78. The summed E-state index contributed by atoms with van der Waals surface area (Å²) in [7, 11) is 0. The van der Waals surface area contributed by atoms with Crippen molar-refractivity contribution in [3.8, 4) is 11.5 Å². The first-order valence-electron chi connectivity index (χ1n) is 6.37. The van der Waals surface area contributed by atoms with Crippen LogP contribution >= 0.6 is 15.9 Å². The monoisotopic (exact) mass is 319 g/mol. The van der Waals surface area contributed by atoms with Gasteiger partial charge >= 0.3 is 0 Å². The van der Waals surface area contributed by atoms with E-state index < -0.39 is 0 Å². The summed E-state index contributed by atoms with van der Waals surface area (Å²) in [4.78, 5) is 17.3. The largest absolute Gasteiger partial charge is 0.369 e. The van der Waals surface area contributed by atoms with Gasteiger partial charge in [0.25, 0.3) is 0 Å². The van der Waals surface area contributed by atoms with Crippen molar-refractivity contribution in [2.45, 2.75) is 25.7 Å². The lowest BCUT2D eigenvalue weighted by Crippen LogP contribution is -2.06. The van der Waals surface area contributed by atoms with Gasteiger partial charge in [0, 0.05) is 18.7 Å². The van der Waals surface area contributed by atoms with Crippen LogP contribution in [0.4, 0.5) is 5.82 Å². The van der Waals surface area contributed by atoms with E-state index >= 15 is 0 Å². The van der Waals surface area contributed by atoms with Crippen molar-refractivity contribution in [2.75, 3.05) is 11.9 Å². The van der Waals surface area contributed by atoms with Crippen molar-refractivity contribution in [2.24, 2.45) is 0 Å². The van der Waals surface area contributed by atoms with E-state index in [4.69, 9.17) is 0 Å². The maximum absolute atomic E-state index is 4.66. The van der Waals surface area contributed by atoms with Crippen LogP contribution < -0.4 is 5.32 Å². The highest BCUT2D eigenvalue weighted by molar-refractivity contribution is 9.10. The number of aromatic nitrogens is 4. The van der Waals surface area contributed by atoms with Gasteiger partial charge in [-0.15, -0.1) is 0 Å². The second-order valence-corrected chi connectivity index (χ2v) is 5.29. The molecule has 6 heteroatoms. The molecule has 2 aromatic rings. The summed E-state index contributed by atoms with van der Waals surface area (Å²) >= 11 is 3.61. The average molecular weight is 320 g/mol. The van der Waals surface area contributed by atoms with Gasteiger partial charge in [-0.2, -0.15) is 0 Å². The number of anilines is 1. The summed E-state index contributed by atoms with van der Waals surface area (Å²) in [6.45, 7) is 2.87. The normalized spacial score (nSPS) is 14.4. The van der Waals surface area contributed by atoms with E-state index in [0.29, 0.717) is 11.7 Å². The van der Waals surface area contributed by atoms with E-state index in [0.717, 1.165) is 28.2 Å². The quantitative estimate of drug-likeness (QED) is 0.938. The molecule has 0 radical (unpaired) electrons. The molecule has 1 aliphatic carbocycles. The lowest BCUT2D eigenvalue weighted by Gasteiger charge is -2.11. The van der Waals surface area contributed by atoms with Crippen LogP contribution in [0.15, 0.2) is 23.1 Å². The van der Waals surface area contributed by atoms with Gasteiger partial charge < -0.3 is 5.32 Å². The first-order chi connectivity index (χ1) is 9.29. The number of hydrogen-bond acceptors (Lipinski definition) is 5. The molecule has 0 aromatic carbocycles. The predicted molar refractivity (Wildman–Crippen MR) is 76.9 cm³/mol. The molecule has 1 fully saturated rings. The van der Waals surface area contributed by atoms with Crippen molar-refractivity contribution in [3.05, 3.63) is 28.8 Å². The molecular formula is C13H14BrN5. The van der Waals surface area contributed by atoms with Crippen molar-refractivity contribution in [1.82, 2.24) is 19.9 Å². The van der Waals surface area contributed by atoms with Crippen molar-refractivity contribution < 1.29 is 0 Å². The molecule has 1 saturated carbocycles. The van der Waals surface area contributed by atoms with Gasteiger partial charge in [-0.25, -0.2) is 19.9 Å². The van der Waals surface area contributed by atoms with Crippen LogP contribution in [0, 0.1) is 0 Å². The second kappa shape index (κ2) is 5.21. The molecule has 0 amide bonds. The molecule has 2 aromatic heterocycles. The Balaban J connectivity index is 2.09. The number of nitrogens with one attached hydrogen (secondary N) is 1. The Morgan fingerprint density at radius 2 is 2.21 bits per heavy atom. The number of rotatable bonds is 4. The zero-order valence-electron chi connectivity index (χ0n) is 10.6. The van der Waals surface area contributed by atoms with Gasteiger partial charge in [-0.05, 0) is 41.8 Å². The molecule has 2 heterocycles. The zero-order chi connectivity index (χ0) is 13.2. The fourth-order valence-corrected chi connectivity index (χ4v) is 2.56. The van der Waals surface area contributed by atoms with Crippen LogP contribution in [0.5, 0.6) is 0 Å². The molecule has 0 bridgehead atoms. The summed E-state index contributed by atoms with van der Waals surface area (Å²) in [5, 5.41) is 3.27. The average Bonchev–Trinajstić information content (AvgIpc) is 3.27. The first kappa shape index (κ1) is 12.5. The van der Waals surface area contributed by atoms with Gasteiger partial charge in [0.1, 0.15) is 17.8 Å². The lowest BCUT2D eigenvalue weighted by atomic mass is 10.2. The van der Waals surface area contributed by atoms with Crippen molar-refractivity contribution in [3.63, 3.8) is 0 Å². The van der Waals surface area contributed by atoms with Gasteiger partial charge in [-0.3, -0.25) is 0 Å². The van der Waals surface area contributed by atoms with Crippen LogP contribution in [0.25, 0.3) is 11.5 Å². The minimum atomic E-state index is 0.551. The molecule has 0 aliphatic heterocycles. The van der Waals surface area contributed by atoms with Crippen LogP contribution in [0.1, 0.15) is 31.4 Å². The maximum Gasteiger partial charge on any atom is 0.180 e. The van der Waals surface area contributed by atoms with E-state index in [9.17, 15) is 0 Å². The zero-order valence-corrected chi connectivity index (χ0v) is 12.2. The minimum absolute atomic E-state index is 0.551. The third kappa shape index (κ3) is 2.58. The minimum Gasteiger partial charge on any atom is -0.369 e. The van der Waals surface area contributed by atoms with Gasteiger partial charge in [-0.1, -0.05) is 0 Å².